The highest BCUT2D eigenvalue weighted by Gasteiger charge is 2.31. The molecule has 3 aromatic rings. The minimum atomic E-state index is -0.162. The van der Waals surface area contributed by atoms with Crippen molar-refractivity contribution in [2.75, 3.05) is 13.7 Å². The van der Waals surface area contributed by atoms with E-state index in [-0.39, 0.29) is 18.0 Å². The first-order valence-corrected chi connectivity index (χ1v) is 9.85. The lowest BCUT2D eigenvalue weighted by molar-refractivity contribution is -0.132. The van der Waals surface area contributed by atoms with Crippen LogP contribution in [-0.2, 0) is 11.3 Å². The molecule has 2 heterocycles. The molecule has 0 radical (unpaired) electrons. The lowest BCUT2D eigenvalue weighted by Gasteiger charge is -2.20. The molecule has 7 heteroatoms. The third kappa shape index (κ3) is 3.47. The fourth-order valence-electron chi connectivity index (χ4n) is 3.22. The smallest absolute Gasteiger partial charge is 0.271 e. The van der Waals surface area contributed by atoms with Crippen molar-refractivity contribution in [3.63, 3.8) is 0 Å². The van der Waals surface area contributed by atoms with Gasteiger partial charge in [-0.2, -0.15) is 0 Å². The van der Waals surface area contributed by atoms with Crippen LogP contribution < -0.4 is 10.3 Å². The largest absolute Gasteiger partial charge is 0.497 e. The van der Waals surface area contributed by atoms with E-state index in [1.165, 1.54) is 22.2 Å². The van der Waals surface area contributed by atoms with Gasteiger partial charge in [-0.25, -0.2) is 4.98 Å². The van der Waals surface area contributed by atoms with Crippen molar-refractivity contribution in [3.05, 3.63) is 47.0 Å². The summed E-state index contributed by atoms with van der Waals surface area (Å²) in [5, 5.41) is 0. The van der Waals surface area contributed by atoms with Crippen LogP contribution in [0.2, 0.25) is 0 Å². The molecule has 0 unspecified atom stereocenters. The highest BCUT2D eigenvalue weighted by Crippen LogP contribution is 2.32. The summed E-state index contributed by atoms with van der Waals surface area (Å²) < 4.78 is 7.18. The lowest BCUT2D eigenvalue weighted by Crippen LogP contribution is -2.37. The van der Waals surface area contributed by atoms with E-state index >= 15 is 0 Å². The summed E-state index contributed by atoms with van der Waals surface area (Å²) in [6, 6.07) is 9.96. The van der Waals surface area contributed by atoms with Crippen LogP contribution in [0.5, 0.6) is 5.75 Å². The van der Waals surface area contributed by atoms with Crippen molar-refractivity contribution >= 4 is 27.5 Å². The molecule has 0 aliphatic heterocycles. The van der Waals surface area contributed by atoms with E-state index in [2.05, 4.69) is 4.98 Å². The first kappa shape index (κ1) is 17.7. The lowest BCUT2D eigenvalue weighted by atomic mass is 10.2. The van der Waals surface area contributed by atoms with E-state index in [0.29, 0.717) is 22.8 Å². The van der Waals surface area contributed by atoms with Crippen molar-refractivity contribution < 1.29 is 9.53 Å². The number of rotatable bonds is 6. The summed E-state index contributed by atoms with van der Waals surface area (Å²) in [5.74, 6) is 0.769. The van der Waals surface area contributed by atoms with Gasteiger partial charge in [-0.3, -0.25) is 14.2 Å². The van der Waals surface area contributed by atoms with Crippen molar-refractivity contribution in [1.29, 1.82) is 0 Å². The molecule has 1 aromatic carbocycles. The first-order chi connectivity index (χ1) is 13.1. The van der Waals surface area contributed by atoms with E-state index in [0.717, 1.165) is 29.0 Å². The molecule has 0 atom stereocenters. The Labute approximate surface area is 161 Å². The number of hydrogen-bond donors (Lipinski definition) is 0. The second-order valence-electron chi connectivity index (χ2n) is 6.64. The van der Waals surface area contributed by atoms with Gasteiger partial charge in [0, 0.05) is 17.5 Å². The molecule has 2 aromatic heterocycles. The molecule has 4 rings (SSSR count). The molecule has 0 bridgehead atoms. The Morgan fingerprint density at radius 1 is 1.33 bits per heavy atom. The van der Waals surface area contributed by atoms with Crippen molar-refractivity contribution in [3.8, 4) is 16.2 Å². The van der Waals surface area contributed by atoms with E-state index in [4.69, 9.17) is 4.74 Å². The van der Waals surface area contributed by atoms with Gasteiger partial charge < -0.3 is 9.64 Å². The molecule has 27 heavy (non-hydrogen) atoms. The standard InChI is InChI=1S/C20H21N3O3S/c1-3-23(14-6-7-14)18(24)11-22-12-21-16-10-17(27-19(16)20(22)25)13-4-8-15(26-2)9-5-13/h4-5,8-10,12,14H,3,6-7,11H2,1-2H3. The Hall–Kier alpha value is -2.67. The molecule has 1 saturated carbocycles. The number of amides is 1. The molecule has 0 saturated heterocycles. The van der Waals surface area contributed by atoms with Crippen molar-refractivity contribution in [2.45, 2.75) is 32.4 Å². The van der Waals surface area contributed by atoms with Crippen LogP contribution in [0, 0.1) is 0 Å². The number of hydrogen-bond acceptors (Lipinski definition) is 5. The molecule has 0 spiro atoms. The summed E-state index contributed by atoms with van der Waals surface area (Å²) in [5.41, 5.74) is 1.51. The fourth-order valence-corrected chi connectivity index (χ4v) is 4.28. The molecule has 1 aliphatic carbocycles. The highest BCUT2D eigenvalue weighted by molar-refractivity contribution is 7.22. The summed E-state index contributed by atoms with van der Waals surface area (Å²) in [6.07, 6.45) is 3.59. The number of fused-ring (bicyclic) bond motifs is 1. The van der Waals surface area contributed by atoms with E-state index in [9.17, 15) is 9.59 Å². The van der Waals surface area contributed by atoms with E-state index in [1.807, 2.05) is 42.2 Å². The van der Waals surface area contributed by atoms with Gasteiger partial charge in [-0.1, -0.05) is 0 Å². The first-order valence-electron chi connectivity index (χ1n) is 9.03. The van der Waals surface area contributed by atoms with Crippen LogP contribution in [0.3, 0.4) is 0 Å². The minimum absolute atomic E-state index is 0.0183. The Kier molecular flexibility index (Phi) is 4.70. The number of nitrogens with zero attached hydrogens (tertiary/aromatic N) is 3. The predicted octanol–water partition coefficient (Wildman–Crippen LogP) is 3.14. The van der Waals surface area contributed by atoms with Gasteiger partial charge in [0.25, 0.3) is 5.56 Å². The zero-order valence-electron chi connectivity index (χ0n) is 15.3. The minimum Gasteiger partial charge on any atom is -0.497 e. The second-order valence-corrected chi connectivity index (χ2v) is 7.69. The number of ether oxygens (including phenoxy) is 1. The van der Waals surface area contributed by atoms with Gasteiger partial charge in [-0.15, -0.1) is 11.3 Å². The summed E-state index contributed by atoms with van der Waals surface area (Å²) in [4.78, 5) is 32.6. The number of methoxy groups -OCH3 is 1. The third-order valence-corrected chi connectivity index (χ3v) is 5.99. The van der Waals surface area contributed by atoms with E-state index in [1.54, 1.807) is 7.11 Å². The average Bonchev–Trinajstić information content (AvgIpc) is 3.42. The molecule has 6 nitrogen and oxygen atoms in total. The number of aromatic nitrogens is 2. The van der Waals surface area contributed by atoms with Gasteiger partial charge in [0.1, 0.15) is 17.0 Å². The molecular weight excluding hydrogens is 362 g/mol. The maximum absolute atomic E-state index is 12.8. The van der Waals surface area contributed by atoms with Crippen molar-refractivity contribution in [1.82, 2.24) is 14.5 Å². The summed E-state index contributed by atoms with van der Waals surface area (Å²) in [7, 11) is 1.63. The quantitative estimate of drug-likeness (QED) is 0.656. The predicted molar refractivity (Wildman–Crippen MR) is 106 cm³/mol. The van der Waals surface area contributed by atoms with Crippen LogP contribution in [0.4, 0.5) is 0 Å². The molecule has 1 aliphatic rings. The maximum Gasteiger partial charge on any atom is 0.271 e. The van der Waals surface area contributed by atoms with Crippen LogP contribution in [0.15, 0.2) is 41.5 Å². The average molecular weight is 383 g/mol. The molecular formula is C20H21N3O3S. The normalized spacial score (nSPS) is 13.7. The van der Waals surface area contributed by atoms with Crippen LogP contribution >= 0.6 is 11.3 Å². The molecule has 1 amide bonds. The molecule has 0 N–H and O–H groups in total. The van der Waals surface area contributed by atoms with Gasteiger partial charge in [-0.05, 0) is 55.7 Å². The fraction of sp³-hybridized carbons (Fsp3) is 0.350. The van der Waals surface area contributed by atoms with Gasteiger partial charge >= 0.3 is 0 Å². The number of carbonyl (C=O) groups excluding carboxylic acids is 1. The van der Waals surface area contributed by atoms with Gasteiger partial charge in [0.15, 0.2) is 0 Å². The molecule has 1 fully saturated rings. The number of carbonyl (C=O) groups is 1. The van der Waals surface area contributed by atoms with Gasteiger partial charge in [0.05, 0.1) is 19.0 Å². The summed E-state index contributed by atoms with van der Waals surface area (Å²) >= 11 is 1.40. The van der Waals surface area contributed by atoms with E-state index < -0.39 is 0 Å². The zero-order valence-corrected chi connectivity index (χ0v) is 16.2. The number of thiophene rings is 1. The highest BCUT2D eigenvalue weighted by atomic mass is 32.1. The Bertz CT molecular complexity index is 1030. The monoisotopic (exact) mass is 383 g/mol. The van der Waals surface area contributed by atoms with Gasteiger partial charge in [0.2, 0.25) is 5.91 Å². The molecule has 140 valence electrons. The second kappa shape index (κ2) is 7.15. The Morgan fingerprint density at radius 3 is 2.70 bits per heavy atom. The topological polar surface area (TPSA) is 64.4 Å². The summed E-state index contributed by atoms with van der Waals surface area (Å²) in [6.45, 7) is 2.69. The van der Waals surface area contributed by atoms with Crippen LogP contribution in [0.25, 0.3) is 20.7 Å². The third-order valence-electron chi connectivity index (χ3n) is 4.83. The number of likely N-dealkylation sites (N-methyl/N-ethyl adjacent to an activating group) is 1. The number of benzene rings is 1. The van der Waals surface area contributed by atoms with Crippen LogP contribution in [0.1, 0.15) is 19.8 Å². The van der Waals surface area contributed by atoms with Crippen molar-refractivity contribution in [2.24, 2.45) is 0 Å². The zero-order chi connectivity index (χ0) is 19.0. The Morgan fingerprint density at radius 2 is 2.07 bits per heavy atom. The Balaban J connectivity index is 1.63. The maximum atomic E-state index is 12.8. The van der Waals surface area contributed by atoms with Crippen LogP contribution in [-0.4, -0.2) is 40.1 Å². The SMILES string of the molecule is CCN(C(=O)Cn1cnc2cc(-c3ccc(OC)cc3)sc2c1=O)C1CC1.